The van der Waals surface area contributed by atoms with Gasteiger partial charge in [0.1, 0.15) is 0 Å². The predicted molar refractivity (Wildman–Crippen MR) is 125 cm³/mol. The minimum Gasteiger partial charge on any atom is -0.380 e. The molecule has 0 radical (unpaired) electrons. The summed E-state index contributed by atoms with van der Waals surface area (Å²) in [6.45, 7) is 3.36. The summed E-state index contributed by atoms with van der Waals surface area (Å²) in [7, 11) is 0. The molecule has 0 aliphatic heterocycles. The Morgan fingerprint density at radius 2 is 1.97 bits per heavy atom. The molecule has 0 aliphatic rings. The van der Waals surface area contributed by atoms with Gasteiger partial charge in [-0.05, 0) is 31.2 Å². The number of carbonyl (C=O) groups is 1. The maximum atomic E-state index is 12.9. The molecule has 1 amide bonds. The first-order chi connectivity index (χ1) is 14.9. The second kappa shape index (κ2) is 9.05. The Morgan fingerprint density at radius 3 is 2.71 bits per heavy atom. The molecule has 0 atom stereocenters. The highest BCUT2D eigenvalue weighted by molar-refractivity contribution is 7.21. The third-order valence-corrected chi connectivity index (χ3v) is 7.46. The second-order valence-corrected chi connectivity index (χ2v) is 9.33. The zero-order valence-corrected chi connectivity index (χ0v) is 19.3. The Bertz CT molecular complexity index is 1390. The molecular weight excluding hydrogens is 481 g/mol. The van der Waals surface area contributed by atoms with Crippen molar-refractivity contribution in [1.29, 1.82) is 0 Å². The van der Waals surface area contributed by atoms with Gasteiger partial charge in [-0.3, -0.25) is 14.9 Å². The van der Waals surface area contributed by atoms with E-state index in [9.17, 15) is 14.9 Å². The number of non-ortho nitro benzene ring substituents is 1. The van der Waals surface area contributed by atoms with E-state index in [0.717, 1.165) is 9.40 Å². The van der Waals surface area contributed by atoms with Crippen LogP contribution in [0.25, 0.3) is 20.3 Å². The number of fused-ring (bicyclic) bond motifs is 2. The molecule has 160 valence electrons. The van der Waals surface area contributed by atoms with Crippen molar-refractivity contribution in [2.24, 2.45) is 4.99 Å². The fraction of sp³-hybridized carbons (Fsp3) is 0.200. The molecule has 4 rings (SSSR count). The lowest BCUT2D eigenvalue weighted by Gasteiger charge is -2.07. The van der Waals surface area contributed by atoms with Crippen LogP contribution < -0.4 is 4.80 Å². The third-order valence-electron chi connectivity index (χ3n) is 4.52. The quantitative estimate of drug-likeness (QED) is 0.189. The SMILES string of the molecule is CCOCCn1c(=NC(=O)c2cc3cc([N+](=O)[O-])ccc3s2)sc2ccc(Cl)c(Cl)c21. The number of nitro groups is 1. The number of hydrogen-bond donors (Lipinski definition) is 0. The molecule has 31 heavy (non-hydrogen) atoms. The number of carbonyl (C=O) groups excluding carboxylic acids is 1. The summed E-state index contributed by atoms with van der Waals surface area (Å²) in [5, 5.41) is 12.4. The third kappa shape index (κ3) is 4.37. The normalized spacial score (nSPS) is 12.2. The number of rotatable bonds is 6. The maximum Gasteiger partial charge on any atom is 0.289 e. The molecule has 2 aromatic heterocycles. The van der Waals surface area contributed by atoms with E-state index in [4.69, 9.17) is 27.9 Å². The molecule has 0 saturated carbocycles. The van der Waals surface area contributed by atoms with Crippen molar-refractivity contribution in [3.63, 3.8) is 0 Å². The van der Waals surface area contributed by atoms with Crippen LogP contribution in [-0.2, 0) is 11.3 Å². The van der Waals surface area contributed by atoms with Gasteiger partial charge < -0.3 is 9.30 Å². The van der Waals surface area contributed by atoms with E-state index in [0.29, 0.717) is 50.4 Å². The fourth-order valence-electron chi connectivity index (χ4n) is 3.09. The standard InChI is InChI=1S/C20H15Cl2N3O4S2/c1-2-29-8-7-24-18-15(6-4-13(21)17(18)22)31-20(24)23-19(26)16-10-11-9-12(25(27)28)3-5-14(11)30-16/h3-6,9-10H,2,7-8H2,1H3. The van der Waals surface area contributed by atoms with Gasteiger partial charge in [0.05, 0.1) is 36.7 Å². The van der Waals surface area contributed by atoms with E-state index in [1.165, 1.54) is 34.8 Å². The van der Waals surface area contributed by atoms with Crippen molar-refractivity contribution in [3.05, 3.63) is 66.2 Å². The van der Waals surface area contributed by atoms with Crippen molar-refractivity contribution in [2.75, 3.05) is 13.2 Å². The number of thiazole rings is 1. The lowest BCUT2D eigenvalue weighted by Crippen LogP contribution is -2.19. The van der Waals surface area contributed by atoms with Gasteiger partial charge in [0.15, 0.2) is 4.80 Å². The molecule has 0 fully saturated rings. The molecule has 0 spiro atoms. The number of nitro benzene ring substituents is 1. The van der Waals surface area contributed by atoms with Crippen LogP contribution in [0, 0.1) is 10.1 Å². The van der Waals surface area contributed by atoms with E-state index >= 15 is 0 Å². The Balaban J connectivity index is 1.80. The van der Waals surface area contributed by atoms with Crippen molar-refractivity contribution in [1.82, 2.24) is 4.57 Å². The van der Waals surface area contributed by atoms with Gasteiger partial charge in [-0.25, -0.2) is 0 Å². The van der Waals surface area contributed by atoms with Gasteiger partial charge in [-0.15, -0.1) is 11.3 Å². The van der Waals surface area contributed by atoms with Gasteiger partial charge in [-0.2, -0.15) is 4.99 Å². The number of thiophene rings is 1. The molecular formula is C20H15Cl2N3O4S2. The van der Waals surface area contributed by atoms with Gasteiger partial charge >= 0.3 is 0 Å². The monoisotopic (exact) mass is 495 g/mol. The van der Waals surface area contributed by atoms with Crippen LogP contribution in [-0.4, -0.2) is 28.6 Å². The topological polar surface area (TPSA) is 86.7 Å². The van der Waals surface area contributed by atoms with Gasteiger partial charge in [0.2, 0.25) is 0 Å². The van der Waals surface area contributed by atoms with Crippen LogP contribution in [0.5, 0.6) is 0 Å². The van der Waals surface area contributed by atoms with E-state index in [-0.39, 0.29) is 5.69 Å². The number of hydrogen-bond acceptors (Lipinski definition) is 6. The van der Waals surface area contributed by atoms with E-state index in [2.05, 4.69) is 4.99 Å². The van der Waals surface area contributed by atoms with Crippen LogP contribution in [0.15, 0.2) is 41.4 Å². The highest BCUT2D eigenvalue weighted by atomic mass is 35.5. The molecule has 0 unspecified atom stereocenters. The summed E-state index contributed by atoms with van der Waals surface area (Å²) in [6, 6.07) is 9.68. The summed E-state index contributed by atoms with van der Waals surface area (Å²) in [4.78, 5) is 28.7. The van der Waals surface area contributed by atoms with E-state index in [1.54, 1.807) is 18.2 Å². The van der Waals surface area contributed by atoms with Gasteiger partial charge in [-0.1, -0.05) is 34.5 Å². The number of aromatic nitrogens is 1. The van der Waals surface area contributed by atoms with Crippen LogP contribution in [0.3, 0.4) is 0 Å². The van der Waals surface area contributed by atoms with Crippen molar-refractivity contribution < 1.29 is 14.5 Å². The maximum absolute atomic E-state index is 12.9. The van der Waals surface area contributed by atoms with Crippen LogP contribution in [0.4, 0.5) is 5.69 Å². The number of halogens is 2. The lowest BCUT2D eigenvalue weighted by molar-refractivity contribution is -0.384. The molecule has 0 aliphatic carbocycles. The molecule has 2 heterocycles. The molecule has 0 N–H and O–H groups in total. The van der Waals surface area contributed by atoms with E-state index < -0.39 is 10.8 Å². The lowest BCUT2D eigenvalue weighted by atomic mass is 10.2. The van der Waals surface area contributed by atoms with Crippen LogP contribution in [0.1, 0.15) is 16.6 Å². The number of nitrogens with zero attached hydrogens (tertiary/aromatic N) is 3. The highest BCUT2D eigenvalue weighted by Gasteiger charge is 2.16. The Labute approximate surface area is 194 Å². The van der Waals surface area contributed by atoms with Crippen LogP contribution in [0.2, 0.25) is 10.0 Å². The fourth-order valence-corrected chi connectivity index (χ4v) is 5.55. The summed E-state index contributed by atoms with van der Waals surface area (Å²) in [5.74, 6) is -0.428. The zero-order valence-electron chi connectivity index (χ0n) is 16.1. The van der Waals surface area contributed by atoms with E-state index in [1.807, 2.05) is 17.6 Å². The largest absolute Gasteiger partial charge is 0.380 e. The molecule has 4 aromatic rings. The number of amides is 1. The summed E-state index contributed by atoms with van der Waals surface area (Å²) in [5.41, 5.74) is 0.684. The Kier molecular flexibility index (Phi) is 6.40. The minimum absolute atomic E-state index is 0.0222. The smallest absolute Gasteiger partial charge is 0.289 e. The summed E-state index contributed by atoms with van der Waals surface area (Å²) in [6.07, 6.45) is 0. The number of ether oxygens (including phenoxy) is 1. The van der Waals surface area contributed by atoms with Crippen molar-refractivity contribution >= 4 is 77.8 Å². The summed E-state index contributed by atoms with van der Waals surface area (Å²) < 4.78 is 8.93. The first-order valence-electron chi connectivity index (χ1n) is 9.21. The molecule has 2 aromatic carbocycles. The average Bonchev–Trinajstić information content (AvgIpc) is 3.32. The Morgan fingerprint density at radius 1 is 1.19 bits per heavy atom. The Hall–Kier alpha value is -2.30. The minimum atomic E-state index is -0.462. The van der Waals surface area contributed by atoms with Crippen LogP contribution >= 0.6 is 45.9 Å². The molecule has 7 nitrogen and oxygen atoms in total. The molecule has 0 bridgehead atoms. The molecule has 11 heteroatoms. The first kappa shape index (κ1) is 21.9. The highest BCUT2D eigenvalue weighted by Crippen LogP contribution is 2.32. The summed E-state index contributed by atoms with van der Waals surface area (Å²) >= 11 is 15.2. The van der Waals surface area contributed by atoms with Gasteiger partial charge in [0, 0.05) is 35.4 Å². The van der Waals surface area contributed by atoms with Crippen molar-refractivity contribution in [2.45, 2.75) is 13.5 Å². The average molecular weight is 496 g/mol. The van der Waals surface area contributed by atoms with Crippen molar-refractivity contribution in [3.8, 4) is 0 Å². The predicted octanol–water partition coefficient (Wildman–Crippen LogP) is 5.91. The first-order valence-corrected chi connectivity index (χ1v) is 11.6. The molecule has 0 saturated heterocycles. The van der Waals surface area contributed by atoms with Gasteiger partial charge in [0.25, 0.3) is 11.6 Å². The zero-order chi connectivity index (χ0) is 22.1. The second-order valence-electron chi connectivity index (χ2n) is 6.45. The number of benzene rings is 2.